The average Bonchev–Trinajstić information content (AvgIpc) is 3.29. The highest BCUT2D eigenvalue weighted by molar-refractivity contribution is 7.89. The summed E-state index contributed by atoms with van der Waals surface area (Å²) in [5.41, 5.74) is 1.02. The molecule has 0 aliphatic heterocycles. The monoisotopic (exact) mass is 476 g/mol. The molecule has 0 N–H and O–H groups in total. The molecule has 2 aromatic rings. The van der Waals surface area contributed by atoms with E-state index < -0.39 is 10.0 Å². The second-order valence-electron chi connectivity index (χ2n) is 7.98. The van der Waals surface area contributed by atoms with Gasteiger partial charge >= 0.3 is 0 Å². The van der Waals surface area contributed by atoms with Crippen molar-refractivity contribution >= 4 is 27.3 Å². The van der Waals surface area contributed by atoms with Gasteiger partial charge in [0.05, 0.1) is 18.8 Å². The minimum atomic E-state index is -3.52. The first kappa shape index (κ1) is 26.3. The van der Waals surface area contributed by atoms with Gasteiger partial charge in [-0.2, -0.15) is 4.31 Å². The summed E-state index contributed by atoms with van der Waals surface area (Å²) >= 11 is 1.59. The van der Waals surface area contributed by atoms with Crippen molar-refractivity contribution in [3.8, 4) is 0 Å². The Labute approximate surface area is 197 Å². The molecule has 5 nitrogen and oxygen atoms in total. The highest BCUT2D eigenvalue weighted by Crippen LogP contribution is 2.16. The fourth-order valence-corrected chi connectivity index (χ4v) is 5.68. The number of amides is 1. The van der Waals surface area contributed by atoms with Gasteiger partial charge in [0, 0.05) is 18.0 Å². The minimum absolute atomic E-state index is 0.0733. The largest absolute Gasteiger partial charge is 0.332 e. The third-order valence-electron chi connectivity index (χ3n) is 5.29. The molecule has 7 heteroatoms. The predicted molar refractivity (Wildman–Crippen MR) is 134 cm³/mol. The standard InChI is InChI=1S/C25H36N2O3S2/c1-3-5-6-7-8-12-19-32(29,30)27(17-4-2)22-25(28)26(21-24-16-13-18-31-24)20-23-14-10-9-11-15-23/h4,9-11,13-16,18H,2-3,5-8,12,17,19-22H2,1H3. The van der Waals surface area contributed by atoms with Crippen molar-refractivity contribution in [2.24, 2.45) is 0 Å². The van der Waals surface area contributed by atoms with Gasteiger partial charge in [0.2, 0.25) is 15.9 Å². The van der Waals surface area contributed by atoms with Gasteiger partial charge < -0.3 is 4.90 Å². The van der Waals surface area contributed by atoms with Crippen LogP contribution in [0.3, 0.4) is 0 Å². The zero-order valence-corrected chi connectivity index (χ0v) is 20.8. The first-order valence-corrected chi connectivity index (χ1v) is 13.9. The highest BCUT2D eigenvalue weighted by Gasteiger charge is 2.26. The second kappa shape index (κ2) is 14.2. The van der Waals surface area contributed by atoms with Crippen LogP contribution in [0, 0.1) is 0 Å². The van der Waals surface area contributed by atoms with E-state index in [-0.39, 0.29) is 24.7 Å². The van der Waals surface area contributed by atoms with Crippen molar-refractivity contribution in [2.75, 3.05) is 18.8 Å². The van der Waals surface area contributed by atoms with Gasteiger partial charge in [-0.3, -0.25) is 4.79 Å². The maximum absolute atomic E-state index is 13.2. The van der Waals surface area contributed by atoms with Gasteiger partial charge in [0.25, 0.3) is 0 Å². The lowest BCUT2D eigenvalue weighted by Crippen LogP contribution is -2.43. The van der Waals surface area contributed by atoms with Crippen LogP contribution in [-0.4, -0.2) is 42.4 Å². The third kappa shape index (κ3) is 9.27. The molecule has 0 aliphatic carbocycles. The van der Waals surface area contributed by atoms with Crippen LogP contribution < -0.4 is 0 Å². The van der Waals surface area contributed by atoms with Crippen molar-refractivity contribution in [2.45, 2.75) is 58.5 Å². The Bertz CT molecular complexity index is 897. The summed E-state index contributed by atoms with van der Waals surface area (Å²) in [4.78, 5) is 16.0. The summed E-state index contributed by atoms with van der Waals surface area (Å²) in [5.74, 6) is -0.125. The lowest BCUT2D eigenvalue weighted by Gasteiger charge is -2.26. The van der Waals surface area contributed by atoms with Gasteiger partial charge in [0.1, 0.15) is 0 Å². The molecule has 1 amide bonds. The van der Waals surface area contributed by atoms with Crippen LogP contribution in [0.1, 0.15) is 55.9 Å². The summed E-state index contributed by atoms with van der Waals surface area (Å²) in [7, 11) is -3.52. The van der Waals surface area contributed by atoms with Gasteiger partial charge in [-0.25, -0.2) is 8.42 Å². The number of unbranched alkanes of at least 4 members (excludes halogenated alkanes) is 5. The van der Waals surface area contributed by atoms with Crippen LogP contribution in [0.15, 0.2) is 60.5 Å². The Balaban J connectivity index is 2.04. The van der Waals surface area contributed by atoms with E-state index in [1.54, 1.807) is 22.3 Å². The Morgan fingerprint density at radius 2 is 1.72 bits per heavy atom. The fourth-order valence-electron chi connectivity index (χ4n) is 3.49. The van der Waals surface area contributed by atoms with Gasteiger partial charge in [0.15, 0.2) is 0 Å². The number of carbonyl (C=O) groups excluding carboxylic acids is 1. The number of sulfonamides is 1. The summed E-state index contributed by atoms with van der Waals surface area (Å²) in [6.45, 7) is 6.74. The van der Waals surface area contributed by atoms with E-state index in [9.17, 15) is 13.2 Å². The van der Waals surface area contributed by atoms with E-state index in [4.69, 9.17) is 0 Å². The van der Waals surface area contributed by atoms with Crippen LogP contribution >= 0.6 is 11.3 Å². The first-order chi connectivity index (χ1) is 15.5. The van der Waals surface area contributed by atoms with Crippen LogP contribution in [0.5, 0.6) is 0 Å². The van der Waals surface area contributed by atoms with Crippen molar-refractivity contribution < 1.29 is 13.2 Å². The topological polar surface area (TPSA) is 57.7 Å². The fraction of sp³-hybridized carbons (Fsp3) is 0.480. The molecule has 0 saturated heterocycles. The first-order valence-electron chi connectivity index (χ1n) is 11.4. The molecule has 0 unspecified atom stereocenters. The molecule has 0 aliphatic rings. The third-order valence-corrected chi connectivity index (χ3v) is 8.02. The number of benzene rings is 1. The van der Waals surface area contributed by atoms with Crippen molar-refractivity contribution in [3.63, 3.8) is 0 Å². The molecular weight excluding hydrogens is 440 g/mol. The average molecular weight is 477 g/mol. The molecule has 1 heterocycles. The lowest BCUT2D eigenvalue weighted by molar-refractivity contribution is -0.132. The number of hydrogen-bond donors (Lipinski definition) is 0. The lowest BCUT2D eigenvalue weighted by atomic mass is 10.1. The Hall–Kier alpha value is -1.96. The van der Waals surface area contributed by atoms with Crippen LogP contribution in [0.4, 0.5) is 0 Å². The molecule has 2 rings (SSSR count). The number of thiophene rings is 1. The maximum Gasteiger partial charge on any atom is 0.238 e. The molecule has 1 aromatic heterocycles. The SMILES string of the molecule is C=CCN(CC(=O)N(Cc1ccccc1)Cc1cccs1)S(=O)(=O)CCCCCCCC. The zero-order valence-electron chi connectivity index (χ0n) is 19.1. The summed E-state index contributed by atoms with van der Waals surface area (Å²) in [6, 6.07) is 13.7. The Kier molecular flexibility index (Phi) is 11.7. The van der Waals surface area contributed by atoms with Crippen LogP contribution in [0.25, 0.3) is 0 Å². The van der Waals surface area contributed by atoms with Gasteiger partial charge in [-0.15, -0.1) is 17.9 Å². The van der Waals surface area contributed by atoms with Gasteiger partial charge in [-0.05, 0) is 23.4 Å². The zero-order chi connectivity index (χ0) is 23.2. The smallest absolute Gasteiger partial charge is 0.238 e. The van der Waals surface area contributed by atoms with Crippen molar-refractivity contribution in [1.29, 1.82) is 0 Å². The van der Waals surface area contributed by atoms with Crippen molar-refractivity contribution in [3.05, 3.63) is 70.9 Å². The Morgan fingerprint density at radius 3 is 2.38 bits per heavy atom. The molecule has 0 radical (unpaired) electrons. The second-order valence-corrected chi connectivity index (χ2v) is 11.1. The maximum atomic E-state index is 13.2. The van der Waals surface area contributed by atoms with E-state index in [0.717, 1.165) is 29.7 Å². The summed E-state index contributed by atoms with van der Waals surface area (Å²) < 4.78 is 27.2. The summed E-state index contributed by atoms with van der Waals surface area (Å²) in [5, 5.41) is 1.98. The molecule has 1 aromatic carbocycles. The molecule has 0 atom stereocenters. The molecular formula is C25H36N2O3S2. The summed E-state index contributed by atoms with van der Waals surface area (Å²) in [6.07, 6.45) is 7.61. The molecule has 0 bridgehead atoms. The van der Waals surface area contributed by atoms with E-state index in [2.05, 4.69) is 13.5 Å². The molecule has 0 fully saturated rings. The number of nitrogens with zero attached hydrogens (tertiary/aromatic N) is 2. The quantitative estimate of drug-likeness (QED) is 0.239. The predicted octanol–water partition coefficient (Wildman–Crippen LogP) is 5.46. The highest BCUT2D eigenvalue weighted by atomic mass is 32.2. The van der Waals surface area contributed by atoms with E-state index in [1.165, 1.54) is 17.1 Å². The molecule has 32 heavy (non-hydrogen) atoms. The normalized spacial score (nSPS) is 11.6. The molecule has 0 spiro atoms. The van der Waals surface area contributed by atoms with Crippen molar-refractivity contribution in [1.82, 2.24) is 9.21 Å². The number of carbonyl (C=O) groups is 1. The van der Waals surface area contributed by atoms with E-state index in [0.29, 0.717) is 19.5 Å². The van der Waals surface area contributed by atoms with Gasteiger partial charge in [-0.1, -0.05) is 81.5 Å². The van der Waals surface area contributed by atoms with Crippen LogP contribution in [0.2, 0.25) is 0 Å². The number of hydrogen-bond acceptors (Lipinski definition) is 4. The number of rotatable bonds is 16. The van der Waals surface area contributed by atoms with Crippen LogP contribution in [-0.2, 0) is 27.9 Å². The minimum Gasteiger partial charge on any atom is -0.332 e. The van der Waals surface area contributed by atoms with E-state index >= 15 is 0 Å². The van der Waals surface area contributed by atoms with E-state index in [1.807, 2.05) is 47.8 Å². The Morgan fingerprint density at radius 1 is 1.00 bits per heavy atom. The molecule has 0 saturated carbocycles. The molecule has 176 valence electrons.